The van der Waals surface area contributed by atoms with Crippen LogP contribution in [-0.4, -0.2) is 71.3 Å². The highest BCUT2D eigenvalue weighted by Gasteiger charge is 2.28. The lowest BCUT2D eigenvalue weighted by atomic mass is 10.1. The van der Waals surface area contributed by atoms with Crippen molar-refractivity contribution in [2.45, 2.75) is 32.1 Å². The SMILES string of the molecule is CN(CC(=O)N1CCOCC1)C(=O)c1nn(-c2ccccc2)c2c1CCCCC2. The number of morpholine rings is 1. The lowest BCUT2D eigenvalue weighted by Gasteiger charge is -2.28. The Morgan fingerprint density at radius 3 is 2.55 bits per heavy atom. The smallest absolute Gasteiger partial charge is 0.274 e. The molecule has 1 fully saturated rings. The predicted octanol–water partition coefficient (Wildman–Crippen LogP) is 2.07. The summed E-state index contributed by atoms with van der Waals surface area (Å²) in [4.78, 5) is 29.1. The quantitative estimate of drug-likeness (QED) is 0.742. The second kappa shape index (κ2) is 8.78. The first-order valence-corrected chi connectivity index (χ1v) is 10.4. The van der Waals surface area contributed by atoms with Crippen LogP contribution in [0.3, 0.4) is 0 Å². The van der Waals surface area contributed by atoms with Gasteiger partial charge < -0.3 is 14.5 Å². The highest BCUT2D eigenvalue weighted by molar-refractivity contribution is 5.96. The van der Waals surface area contributed by atoms with E-state index in [0.717, 1.165) is 49.0 Å². The number of hydrogen-bond donors (Lipinski definition) is 0. The standard InChI is InChI=1S/C22H28N4O3/c1-24(16-20(27)25-12-14-29-15-13-25)22(28)21-18-10-6-3-7-11-19(18)26(23-21)17-8-4-2-5-9-17/h2,4-5,8-9H,3,6-7,10-16H2,1H3. The number of aromatic nitrogens is 2. The van der Waals surface area contributed by atoms with Crippen molar-refractivity contribution < 1.29 is 14.3 Å². The third-order valence-corrected chi connectivity index (χ3v) is 5.72. The number of ether oxygens (including phenoxy) is 1. The number of amides is 2. The lowest BCUT2D eigenvalue weighted by molar-refractivity contribution is -0.135. The molecule has 2 aromatic rings. The largest absolute Gasteiger partial charge is 0.378 e. The van der Waals surface area contributed by atoms with E-state index in [4.69, 9.17) is 9.84 Å². The fourth-order valence-electron chi connectivity index (χ4n) is 4.10. The molecule has 0 radical (unpaired) electrons. The zero-order chi connectivity index (χ0) is 20.2. The Labute approximate surface area is 171 Å². The summed E-state index contributed by atoms with van der Waals surface area (Å²) in [7, 11) is 1.69. The summed E-state index contributed by atoms with van der Waals surface area (Å²) in [6.45, 7) is 2.33. The number of carbonyl (C=O) groups excluding carboxylic acids is 2. The molecule has 0 saturated carbocycles. The maximum absolute atomic E-state index is 13.2. The molecule has 4 rings (SSSR count). The van der Waals surface area contributed by atoms with Crippen molar-refractivity contribution >= 4 is 11.8 Å². The fraction of sp³-hybridized carbons (Fsp3) is 0.500. The first kappa shape index (κ1) is 19.6. The van der Waals surface area contributed by atoms with E-state index in [0.29, 0.717) is 32.0 Å². The zero-order valence-electron chi connectivity index (χ0n) is 17.0. The number of fused-ring (bicyclic) bond motifs is 1. The normalized spacial score (nSPS) is 16.8. The minimum absolute atomic E-state index is 0.0438. The van der Waals surface area contributed by atoms with Gasteiger partial charge in [-0.25, -0.2) is 4.68 Å². The van der Waals surface area contributed by atoms with Gasteiger partial charge in [0.25, 0.3) is 5.91 Å². The molecule has 0 bridgehead atoms. The van der Waals surface area contributed by atoms with Crippen molar-refractivity contribution in [2.75, 3.05) is 39.9 Å². The van der Waals surface area contributed by atoms with Crippen LogP contribution in [0.2, 0.25) is 0 Å². The molecule has 0 N–H and O–H groups in total. The summed E-state index contributed by atoms with van der Waals surface area (Å²) in [6, 6.07) is 9.96. The van der Waals surface area contributed by atoms with Gasteiger partial charge in [0.05, 0.1) is 25.4 Å². The average molecular weight is 396 g/mol. The van der Waals surface area contributed by atoms with Crippen LogP contribution in [0, 0.1) is 0 Å². The zero-order valence-corrected chi connectivity index (χ0v) is 17.0. The Morgan fingerprint density at radius 2 is 1.79 bits per heavy atom. The van der Waals surface area contributed by atoms with Crippen LogP contribution in [0.5, 0.6) is 0 Å². The highest BCUT2D eigenvalue weighted by Crippen LogP contribution is 2.27. The van der Waals surface area contributed by atoms with Gasteiger partial charge in [0.2, 0.25) is 5.91 Å². The molecule has 0 spiro atoms. The highest BCUT2D eigenvalue weighted by atomic mass is 16.5. The van der Waals surface area contributed by atoms with Crippen molar-refractivity contribution in [1.82, 2.24) is 19.6 Å². The molecule has 1 aliphatic heterocycles. The van der Waals surface area contributed by atoms with Gasteiger partial charge >= 0.3 is 0 Å². The van der Waals surface area contributed by atoms with Gasteiger partial charge in [0, 0.05) is 31.4 Å². The molecule has 7 nitrogen and oxygen atoms in total. The number of carbonyl (C=O) groups is 2. The van der Waals surface area contributed by atoms with Crippen LogP contribution >= 0.6 is 0 Å². The molecule has 2 amide bonds. The summed E-state index contributed by atoms with van der Waals surface area (Å²) >= 11 is 0. The number of rotatable bonds is 4. The van der Waals surface area contributed by atoms with E-state index in [1.54, 1.807) is 11.9 Å². The number of nitrogens with zero attached hydrogens (tertiary/aromatic N) is 4. The van der Waals surface area contributed by atoms with Gasteiger partial charge in [-0.1, -0.05) is 24.6 Å². The maximum Gasteiger partial charge on any atom is 0.274 e. The number of hydrogen-bond acceptors (Lipinski definition) is 4. The van der Waals surface area contributed by atoms with E-state index in [2.05, 4.69) is 0 Å². The minimum Gasteiger partial charge on any atom is -0.378 e. The molecule has 7 heteroatoms. The van der Waals surface area contributed by atoms with Gasteiger partial charge in [0.1, 0.15) is 0 Å². The average Bonchev–Trinajstić information content (AvgIpc) is 2.95. The van der Waals surface area contributed by atoms with Crippen molar-refractivity contribution in [3.05, 3.63) is 47.3 Å². The molecular weight excluding hydrogens is 368 g/mol. The molecule has 0 unspecified atom stereocenters. The molecule has 2 aliphatic rings. The number of likely N-dealkylation sites (N-methyl/N-ethyl adjacent to an activating group) is 1. The lowest BCUT2D eigenvalue weighted by Crippen LogP contribution is -2.46. The predicted molar refractivity (Wildman–Crippen MR) is 109 cm³/mol. The Kier molecular flexibility index (Phi) is 5.94. The monoisotopic (exact) mass is 396 g/mol. The van der Waals surface area contributed by atoms with Crippen LogP contribution < -0.4 is 0 Å². The summed E-state index contributed by atoms with van der Waals surface area (Å²) < 4.78 is 7.23. The summed E-state index contributed by atoms with van der Waals surface area (Å²) in [5, 5.41) is 4.73. The van der Waals surface area contributed by atoms with E-state index >= 15 is 0 Å². The summed E-state index contributed by atoms with van der Waals surface area (Å²) in [5.74, 6) is -0.225. The van der Waals surface area contributed by atoms with Crippen molar-refractivity contribution in [2.24, 2.45) is 0 Å². The molecule has 1 aromatic carbocycles. The van der Waals surface area contributed by atoms with Gasteiger partial charge in [-0.15, -0.1) is 0 Å². The van der Waals surface area contributed by atoms with Crippen molar-refractivity contribution in [1.29, 1.82) is 0 Å². The number of para-hydroxylation sites is 1. The third kappa shape index (κ3) is 4.19. The Hall–Kier alpha value is -2.67. The molecule has 29 heavy (non-hydrogen) atoms. The molecule has 1 aromatic heterocycles. The Bertz CT molecular complexity index is 872. The molecule has 1 aliphatic carbocycles. The molecule has 2 heterocycles. The van der Waals surface area contributed by atoms with E-state index in [1.807, 2.05) is 35.0 Å². The van der Waals surface area contributed by atoms with Crippen molar-refractivity contribution in [3.63, 3.8) is 0 Å². The topological polar surface area (TPSA) is 67.7 Å². The van der Waals surface area contributed by atoms with Gasteiger partial charge in [0.15, 0.2) is 5.69 Å². The van der Waals surface area contributed by atoms with Gasteiger partial charge in [-0.3, -0.25) is 9.59 Å². The van der Waals surface area contributed by atoms with Crippen LogP contribution in [-0.2, 0) is 22.4 Å². The van der Waals surface area contributed by atoms with Crippen LogP contribution in [0.4, 0.5) is 0 Å². The molecule has 0 atom stereocenters. The van der Waals surface area contributed by atoms with E-state index in [1.165, 1.54) is 4.90 Å². The van der Waals surface area contributed by atoms with Crippen molar-refractivity contribution in [3.8, 4) is 5.69 Å². The molecule has 1 saturated heterocycles. The second-order valence-corrected chi connectivity index (χ2v) is 7.74. The van der Waals surface area contributed by atoms with Crippen LogP contribution in [0.15, 0.2) is 30.3 Å². The Balaban J connectivity index is 1.59. The minimum atomic E-state index is -0.181. The molecular formula is C22H28N4O3. The third-order valence-electron chi connectivity index (χ3n) is 5.72. The van der Waals surface area contributed by atoms with E-state index < -0.39 is 0 Å². The summed E-state index contributed by atoms with van der Waals surface area (Å²) in [5.41, 5.74) is 3.63. The van der Waals surface area contributed by atoms with Crippen LogP contribution in [0.25, 0.3) is 5.69 Å². The van der Waals surface area contributed by atoms with E-state index in [-0.39, 0.29) is 18.4 Å². The summed E-state index contributed by atoms with van der Waals surface area (Å²) in [6.07, 6.45) is 5.09. The Morgan fingerprint density at radius 1 is 1.07 bits per heavy atom. The number of benzene rings is 1. The maximum atomic E-state index is 13.2. The molecule has 154 valence electrons. The van der Waals surface area contributed by atoms with Gasteiger partial charge in [-0.05, 0) is 37.8 Å². The second-order valence-electron chi connectivity index (χ2n) is 7.74. The first-order chi connectivity index (χ1) is 14.1. The van der Waals surface area contributed by atoms with E-state index in [9.17, 15) is 9.59 Å². The fourth-order valence-corrected chi connectivity index (χ4v) is 4.10. The van der Waals surface area contributed by atoms with Crippen LogP contribution in [0.1, 0.15) is 41.0 Å². The van der Waals surface area contributed by atoms with Gasteiger partial charge in [-0.2, -0.15) is 5.10 Å². The first-order valence-electron chi connectivity index (χ1n) is 10.4.